The van der Waals surface area contributed by atoms with Crippen LogP contribution in [-0.2, 0) is 6.42 Å². The van der Waals surface area contributed by atoms with Crippen molar-refractivity contribution in [2.75, 3.05) is 6.54 Å². The van der Waals surface area contributed by atoms with Crippen LogP contribution >= 0.6 is 11.6 Å². The highest BCUT2D eigenvalue weighted by molar-refractivity contribution is 6.30. The van der Waals surface area contributed by atoms with E-state index in [2.05, 4.69) is 25.8 Å². The molecule has 0 aliphatic rings. The molecule has 9 heteroatoms. The minimum Gasteiger partial charge on any atom is -0.347 e. The Bertz CT molecular complexity index is 1080. The van der Waals surface area contributed by atoms with Crippen molar-refractivity contribution in [3.63, 3.8) is 0 Å². The lowest BCUT2D eigenvalue weighted by Gasteiger charge is -2.02. The Labute approximate surface area is 165 Å². The number of nitrogens with zero attached hydrogens (tertiary/aromatic N) is 5. The minimum atomic E-state index is -0.431. The highest BCUT2D eigenvalue weighted by Crippen LogP contribution is 2.16. The Hall–Kier alpha value is -3.52. The molecule has 0 atom stereocenters. The van der Waals surface area contributed by atoms with Crippen LogP contribution in [0.3, 0.4) is 0 Å². The number of amides is 1. The van der Waals surface area contributed by atoms with Crippen LogP contribution in [0.15, 0.2) is 65.3 Å². The van der Waals surface area contributed by atoms with E-state index in [0.29, 0.717) is 23.7 Å². The van der Waals surface area contributed by atoms with Gasteiger partial charge in [-0.25, -0.2) is 4.68 Å². The molecule has 2 aromatic carbocycles. The normalized spacial score (nSPS) is 10.8. The average Bonchev–Trinajstić information content (AvgIpc) is 3.39. The molecule has 0 saturated carbocycles. The first kappa shape index (κ1) is 17.9. The fourth-order valence-corrected chi connectivity index (χ4v) is 2.67. The Morgan fingerprint density at radius 3 is 2.68 bits per heavy atom. The SMILES string of the molecule is O=C(NCCc1ccccc1)c1nc(-c2cn(-c3ccc(Cl)cc3)nn2)no1. The summed E-state index contributed by atoms with van der Waals surface area (Å²) >= 11 is 5.89. The van der Waals surface area contributed by atoms with Crippen molar-refractivity contribution in [1.82, 2.24) is 30.5 Å². The van der Waals surface area contributed by atoms with Crippen molar-refractivity contribution in [1.29, 1.82) is 0 Å². The average molecular weight is 395 g/mol. The number of nitrogens with one attached hydrogen (secondary N) is 1. The van der Waals surface area contributed by atoms with Crippen molar-refractivity contribution in [3.8, 4) is 17.2 Å². The van der Waals surface area contributed by atoms with Crippen LogP contribution in [0.25, 0.3) is 17.2 Å². The van der Waals surface area contributed by atoms with Gasteiger partial charge in [-0.05, 0) is 36.2 Å². The van der Waals surface area contributed by atoms with Crippen LogP contribution in [0.4, 0.5) is 0 Å². The van der Waals surface area contributed by atoms with E-state index >= 15 is 0 Å². The lowest BCUT2D eigenvalue weighted by molar-refractivity contribution is 0.0910. The molecule has 0 unspecified atom stereocenters. The maximum Gasteiger partial charge on any atom is 0.316 e. The van der Waals surface area contributed by atoms with Crippen molar-refractivity contribution in [2.24, 2.45) is 0 Å². The van der Waals surface area contributed by atoms with Gasteiger partial charge in [-0.3, -0.25) is 4.79 Å². The second kappa shape index (κ2) is 8.01. The molecule has 1 N–H and O–H groups in total. The summed E-state index contributed by atoms with van der Waals surface area (Å²) in [6, 6.07) is 17.0. The molecule has 4 aromatic rings. The number of carbonyl (C=O) groups excluding carboxylic acids is 1. The summed E-state index contributed by atoms with van der Waals surface area (Å²) in [5, 5.41) is 15.3. The Morgan fingerprint density at radius 1 is 1.11 bits per heavy atom. The fraction of sp³-hybridized carbons (Fsp3) is 0.105. The summed E-state index contributed by atoms with van der Waals surface area (Å²) in [7, 11) is 0. The molecule has 8 nitrogen and oxygen atoms in total. The van der Waals surface area contributed by atoms with Crippen LogP contribution < -0.4 is 5.32 Å². The number of halogens is 1. The number of benzene rings is 2. The maximum absolute atomic E-state index is 12.2. The van der Waals surface area contributed by atoms with Gasteiger partial charge in [-0.15, -0.1) is 5.10 Å². The fourth-order valence-electron chi connectivity index (χ4n) is 2.55. The third-order valence-electron chi connectivity index (χ3n) is 3.98. The van der Waals surface area contributed by atoms with Gasteiger partial charge in [0.2, 0.25) is 5.82 Å². The van der Waals surface area contributed by atoms with Crippen molar-refractivity contribution in [2.45, 2.75) is 6.42 Å². The number of rotatable bonds is 6. The van der Waals surface area contributed by atoms with E-state index in [0.717, 1.165) is 11.3 Å². The summed E-state index contributed by atoms with van der Waals surface area (Å²) in [5.41, 5.74) is 2.31. The first-order chi connectivity index (χ1) is 13.7. The maximum atomic E-state index is 12.2. The van der Waals surface area contributed by atoms with Gasteiger partial charge in [-0.2, -0.15) is 4.98 Å². The molecule has 0 fully saturated rings. The molecule has 28 heavy (non-hydrogen) atoms. The molecule has 0 radical (unpaired) electrons. The van der Waals surface area contributed by atoms with Gasteiger partial charge in [0.05, 0.1) is 11.9 Å². The van der Waals surface area contributed by atoms with Crippen molar-refractivity contribution < 1.29 is 9.32 Å². The predicted molar refractivity (Wildman–Crippen MR) is 102 cm³/mol. The monoisotopic (exact) mass is 394 g/mol. The summed E-state index contributed by atoms with van der Waals surface area (Å²) in [5.74, 6) is -0.364. The van der Waals surface area contributed by atoms with E-state index in [1.165, 1.54) is 0 Å². The van der Waals surface area contributed by atoms with Crippen molar-refractivity contribution in [3.05, 3.63) is 77.3 Å². The minimum absolute atomic E-state index is 0.121. The second-order valence-electron chi connectivity index (χ2n) is 5.94. The van der Waals surface area contributed by atoms with Gasteiger partial charge < -0.3 is 9.84 Å². The van der Waals surface area contributed by atoms with E-state index in [1.54, 1.807) is 23.0 Å². The van der Waals surface area contributed by atoms with E-state index in [-0.39, 0.29) is 11.7 Å². The molecule has 140 valence electrons. The second-order valence-corrected chi connectivity index (χ2v) is 6.38. The van der Waals surface area contributed by atoms with E-state index < -0.39 is 5.91 Å². The summed E-state index contributed by atoms with van der Waals surface area (Å²) < 4.78 is 6.60. The molecule has 0 saturated heterocycles. The Morgan fingerprint density at radius 2 is 1.89 bits per heavy atom. The van der Waals surface area contributed by atoms with Gasteiger partial charge >= 0.3 is 11.8 Å². The predicted octanol–water partition coefficient (Wildman–Crippen LogP) is 2.94. The van der Waals surface area contributed by atoms with Crippen LogP contribution in [-0.4, -0.2) is 37.6 Å². The van der Waals surface area contributed by atoms with Gasteiger partial charge in [0.1, 0.15) is 0 Å². The molecular weight excluding hydrogens is 380 g/mol. The highest BCUT2D eigenvalue weighted by atomic mass is 35.5. The summed E-state index contributed by atoms with van der Waals surface area (Å²) in [6.45, 7) is 0.466. The van der Waals surface area contributed by atoms with Crippen molar-refractivity contribution >= 4 is 17.5 Å². The smallest absolute Gasteiger partial charge is 0.316 e. The van der Waals surface area contributed by atoms with Gasteiger partial charge in [0.15, 0.2) is 5.69 Å². The third kappa shape index (κ3) is 4.07. The number of carbonyl (C=O) groups is 1. The molecule has 4 rings (SSSR count). The quantitative estimate of drug-likeness (QED) is 0.539. The molecule has 0 aliphatic heterocycles. The molecule has 0 bridgehead atoms. The van der Waals surface area contributed by atoms with Crippen LogP contribution in [0.5, 0.6) is 0 Å². The van der Waals surface area contributed by atoms with Gasteiger partial charge in [0, 0.05) is 11.6 Å². The van der Waals surface area contributed by atoms with E-state index in [1.807, 2.05) is 42.5 Å². The molecule has 2 aromatic heterocycles. The third-order valence-corrected chi connectivity index (χ3v) is 4.23. The van der Waals surface area contributed by atoms with Crippen LogP contribution in [0.1, 0.15) is 16.2 Å². The Kier molecular flexibility index (Phi) is 5.11. The highest BCUT2D eigenvalue weighted by Gasteiger charge is 2.18. The number of hydrogen-bond acceptors (Lipinski definition) is 6. The van der Waals surface area contributed by atoms with Gasteiger partial charge in [-0.1, -0.05) is 52.3 Å². The Balaban J connectivity index is 1.40. The molecule has 0 aliphatic carbocycles. The lowest BCUT2D eigenvalue weighted by Crippen LogP contribution is -2.25. The number of aromatic nitrogens is 5. The summed E-state index contributed by atoms with van der Waals surface area (Å²) in [4.78, 5) is 16.3. The van der Waals surface area contributed by atoms with Crippen LogP contribution in [0, 0.1) is 0 Å². The lowest BCUT2D eigenvalue weighted by atomic mass is 10.1. The molecule has 0 spiro atoms. The first-order valence-electron chi connectivity index (χ1n) is 8.53. The molecule has 2 heterocycles. The zero-order valence-electron chi connectivity index (χ0n) is 14.6. The molecule has 1 amide bonds. The largest absolute Gasteiger partial charge is 0.347 e. The van der Waals surface area contributed by atoms with E-state index in [4.69, 9.17) is 16.1 Å². The zero-order chi connectivity index (χ0) is 19.3. The van der Waals surface area contributed by atoms with Gasteiger partial charge in [0.25, 0.3) is 0 Å². The zero-order valence-corrected chi connectivity index (χ0v) is 15.4. The van der Waals surface area contributed by atoms with E-state index in [9.17, 15) is 4.79 Å². The standard InChI is InChI=1S/C19H15ClN6O2/c20-14-6-8-15(9-7-14)26-12-16(23-25-26)17-22-19(28-24-17)18(27)21-11-10-13-4-2-1-3-5-13/h1-9,12H,10-11H2,(H,21,27). The topological polar surface area (TPSA) is 98.7 Å². The van der Waals surface area contributed by atoms with Crippen LogP contribution in [0.2, 0.25) is 5.02 Å². The summed E-state index contributed by atoms with van der Waals surface area (Å²) in [6.07, 6.45) is 2.36. The number of hydrogen-bond donors (Lipinski definition) is 1. The molecular formula is C19H15ClN6O2. The first-order valence-corrected chi connectivity index (χ1v) is 8.91.